The normalized spacial score (nSPS) is 11.4. The summed E-state index contributed by atoms with van der Waals surface area (Å²) in [5, 5.41) is 8.29. The quantitative estimate of drug-likeness (QED) is 0.672. The minimum atomic E-state index is -0.590. The maximum Gasteiger partial charge on any atom is 0.412 e. The van der Waals surface area contributed by atoms with Crippen LogP contribution in [0.25, 0.3) is 0 Å². The summed E-state index contributed by atoms with van der Waals surface area (Å²) in [7, 11) is 0. The van der Waals surface area contributed by atoms with Crippen molar-refractivity contribution in [3.63, 3.8) is 0 Å². The van der Waals surface area contributed by atoms with Crippen LogP contribution in [-0.2, 0) is 4.74 Å². The van der Waals surface area contributed by atoms with E-state index in [9.17, 15) is 14.4 Å². The third-order valence-corrected chi connectivity index (χ3v) is 3.69. The molecule has 30 heavy (non-hydrogen) atoms. The Kier molecular flexibility index (Phi) is 6.87. The van der Waals surface area contributed by atoms with Gasteiger partial charge in [0.25, 0.3) is 11.8 Å². The molecule has 0 atom stereocenters. The largest absolute Gasteiger partial charge is 0.444 e. The number of nitrogens with one attached hydrogen (secondary N) is 3. The Balaban J connectivity index is 1.96. The van der Waals surface area contributed by atoms with Gasteiger partial charge in [-0.25, -0.2) is 4.79 Å². The molecular weight excluding hydrogens is 382 g/mol. The summed E-state index contributed by atoms with van der Waals surface area (Å²) in [5.41, 5.74) is 1.12. The summed E-state index contributed by atoms with van der Waals surface area (Å²) in [6, 6.07) is 13.1. The van der Waals surface area contributed by atoms with Crippen LogP contribution in [0.1, 0.15) is 62.3 Å². The first-order chi connectivity index (χ1) is 13.8. The van der Waals surface area contributed by atoms with Gasteiger partial charge in [0.15, 0.2) is 0 Å². The second-order valence-electron chi connectivity index (χ2n) is 8.94. The summed E-state index contributed by atoms with van der Waals surface area (Å²) in [5.74, 6) is -0.473. The van der Waals surface area contributed by atoms with Crippen molar-refractivity contribution in [1.82, 2.24) is 5.32 Å². The second-order valence-corrected chi connectivity index (χ2v) is 8.94. The number of carbonyl (C=O) groups excluding carboxylic acids is 3. The van der Waals surface area contributed by atoms with Crippen LogP contribution in [0, 0.1) is 0 Å². The van der Waals surface area contributed by atoms with E-state index in [1.807, 2.05) is 20.8 Å². The summed E-state index contributed by atoms with van der Waals surface area (Å²) >= 11 is 0. The van der Waals surface area contributed by atoms with Crippen LogP contribution in [0.5, 0.6) is 0 Å². The zero-order valence-electron chi connectivity index (χ0n) is 18.3. The first-order valence-corrected chi connectivity index (χ1v) is 9.66. The van der Waals surface area contributed by atoms with E-state index in [-0.39, 0.29) is 17.4 Å². The third-order valence-electron chi connectivity index (χ3n) is 3.69. The number of benzene rings is 2. The Morgan fingerprint density at radius 1 is 0.667 bits per heavy atom. The summed E-state index contributed by atoms with van der Waals surface area (Å²) in [6.07, 6.45) is -0.560. The predicted octanol–water partition coefficient (Wildman–Crippen LogP) is 4.81. The molecule has 7 nitrogen and oxygen atoms in total. The van der Waals surface area contributed by atoms with E-state index < -0.39 is 11.7 Å². The number of amides is 3. The number of rotatable bonds is 4. The van der Waals surface area contributed by atoms with Crippen molar-refractivity contribution in [2.45, 2.75) is 52.7 Å². The van der Waals surface area contributed by atoms with Gasteiger partial charge in [0.2, 0.25) is 0 Å². The Hall–Kier alpha value is -3.35. The van der Waals surface area contributed by atoms with Gasteiger partial charge in [-0.05, 0) is 90.1 Å². The minimum absolute atomic E-state index is 0.173. The number of hydrogen-bond acceptors (Lipinski definition) is 4. The number of carbonyl (C=O) groups is 3. The van der Waals surface area contributed by atoms with E-state index >= 15 is 0 Å². The van der Waals surface area contributed by atoms with Gasteiger partial charge in [-0.2, -0.15) is 0 Å². The third kappa shape index (κ3) is 7.58. The van der Waals surface area contributed by atoms with E-state index in [1.165, 1.54) is 0 Å². The second kappa shape index (κ2) is 8.98. The van der Waals surface area contributed by atoms with Gasteiger partial charge in [-0.1, -0.05) is 0 Å². The summed E-state index contributed by atoms with van der Waals surface area (Å²) in [6.45, 7) is 11.1. The molecule has 2 aromatic rings. The molecule has 7 heteroatoms. The fourth-order valence-corrected chi connectivity index (χ4v) is 2.45. The predicted molar refractivity (Wildman–Crippen MR) is 118 cm³/mol. The maximum absolute atomic E-state index is 12.4. The van der Waals surface area contributed by atoms with Crippen molar-refractivity contribution in [2.24, 2.45) is 0 Å². The van der Waals surface area contributed by atoms with Crippen LogP contribution in [-0.4, -0.2) is 29.0 Å². The fourth-order valence-electron chi connectivity index (χ4n) is 2.45. The number of anilines is 2. The lowest BCUT2D eigenvalue weighted by atomic mass is 10.1. The highest BCUT2D eigenvalue weighted by Gasteiger charge is 2.17. The van der Waals surface area contributed by atoms with Crippen LogP contribution in [0.15, 0.2) is 48.5 Å². The molecule has 2 aromatic carbocycles. The molecular formula is C23H29N3O4. The SMILES string of the molecule is CC(C)(C)NC(=O)c1ccc(NC(=O)c2ccc(NC(=O)OC(C)(C)C)cc2)cc1. The first kappa shape index (κ1) is 22.9. The molecule has 0 radical (unpaired) electrons. The van der Waals surface area contributed by atoms with Gasteiger partial charge < -0.3 is 15.4 Å². The molecule has 0 aliphatic carbocycles. The molecule has 0 aliphatic heterocycles. The molecule has 0 heterocycles. The number of hydrogen-bond donors (Lipinski definition) is 3. The highest BCUT2D eigenvalue weighted by atomic mass is 16.6. The van der Waals surface area contributed by atoms with Crippen molar-refractivity contribution >= 4 is 29.3 Å². The fraction of sp³-hybridized carbons (Fsp3) is 0.348. The van der Waals surface area contributed by atoms with E-state index in [0.717, 1.165) is 0 Å². The molecule has 0 saturated carbocycles. The van der Waals surface area contributed by atoms with Crippen LogP contribution in [0.2, 0.25) is 0 Å². The van der Waals surface area contributed by atoms with Crippen LogP contribution in [0.4, 0.5) is 16.2 Å². The van der Waals surface area contributed by atoms with Gasteiger partial charge in [0.1, 0.15) is 5.60 Å². The van der Waals surface area contributed by atoms with Gasteiger partial charge in [0.05, 0.1) is 0 Å². The lowest BCUT2D eigenvalue weighted by Crippen LogP contribution is -2.40. The van der Waals surface area contributed by atoms with Gasteiger partial charge >= 0.3 is 6.09 Å². The first-order valence-electron chi connectivity index (χ1n) is 9.66. The highest BCUT2D eigenvalue weighted by molar-refractivity contribution is 6.05. The van der Waals surface area contributed by atoms with Crippen LogP contribution < -0.4 is 16.0 Å². The van der Waals surface area contributed by atoms with Crippen molar-refractivity contribution in [3.05, 3.63) is 59.7 Å². The molecule has 3 N–H and O–H groups in total. The van der Waals surface area contributed by atoms with E-state index in [4.69, 9.17) is 4.74 Å². The molecule has 160 valence electrons. The number of ether oxygens (including phenoxy) is 1. The molecule has 0 unspecified atom stereocenters. The monoisotopic (exact) mass is 411 g/mol. The van der Waals surface area contributed by atoms with E-state index in [1.54, 1.807) is 69.3 Å². The topological polar surface area (TPSA) is 96.5 Å². The Bertz CT molecular complexity index is 905. The highest BCUT2D eigenvalue weighted by Crippen LogP contribution is 2.16. The van der Waals surface area contributed by atoms with Crippen molar-refractivity contribution < 1.29 is 19.1 Å². The van der Waals surface area contributed by atoms with Gasteiger partial charge in [-0.15, -0.1) is 0 Å². The lowest BCUT2D eigenvalue weighted by Gasteiger charge is -2.20. The van der Waals surface area contributed by atoms with E-state index in [0.29, 0.717) is 22.5 Å². The molecule has 2 rings (SSSR count). The van der Waals surface area contributed by atoms with Crippen molar-refractivity contribution in [3.8, 4) is 0 Å². The summed E-state index contributed by atoms with van der Waals surface area (Å²) < 4.78 is 5.19. The zero-order chi connectivity index (χ0) is 22.5. The Morgan fingerprint density at radius 3 is 1.53 bits per heavy atom. The van der Waals surface area contributed by atoms with Gasteiger partial charge in [-0.3, -0.25) is 14.9 Å². The van der Waals surface area contributed by atoms with E-state index in [2.05, 4.69) is 16.0 Å². The molecule has 0 bridgehead atoms. The molecule has 0 fully saturated rings. The molecule has 0 spiro atoms. The van der Waals surface area contributed by atoms with Crippen LogP contribution >= 0.6 is 0 Å². The summed E-state index contributed by atoms with van der Waals surface area (Å²) in [4.78, 5) is 36.4. The average molecular weight is 412 g/mol. The Labute approximate surface area is 177 Å². The van der Waals surface area contributed by atoms with Gasteiger partial charge in [0, 0.05) is 28.0 Å². The molecule has 0 saturated heterocycles. The minimum Gasteiger partial charge on any atom is -0.444 e. The smallest absolute Gasteiger partial charge is 0.412 e. The average Bonchev–Trinajstić information content (AvgIpc) is 2.59. The van der Waals surface area contributed by atoms with Crippen molar-refractivity contribution in [1.29, 1.82) is 0 Å². The lowest BCUT2D eigenvalue weighted by molar-refractivity contribution is 0.0635. The zero-order valence-corrected chi connectivity index (χ0v) is 18.3. The van der Waals surface area contributed by atoms with Crippen molar-refractivity contribution in [2.75, 3.05) is 10.6 Å². The Morgan fingerprint density at radius 2 is 1.10 bits per heavy atom. The maximum atomic E-state index is 12.4. The molecule has 3 amide bonds. The standard InChI is InChI=1S/C23H29N3O4/c1-22(2,3)26-20(28)16-9-11-17(12-10-16)24-19(27)15-7-13-18(14-8-15)25-21(29)30-23(4,5)6/h7-14H,1-6H3,(H,24,27)(H,25,29)(H,26,28). The molecule has 0 aliphatic rings. The van der Waals surface area contributed by atoms with Crippen LogP contribution in [0.3, 0.4) is 0 Å². The molecule has 0 aromatic heterocycles.